The minimum atomic E-state index is -2.10. The van der Waals surface area contributed by atoms with E-state index in [2.05, 4.69) is 0 Å². The normalized spacial score (nSPS) is 23.3. The van der Waals surface area contributed by atoms with Gasteiger partial charge in [-0.2, -0.15) is 0 Å². The zero-order chi connectivity index (χ0) is 25.5. The molecule has 1 N–H and O–H groups in total. The van der Waals surface area contributed by atoms with Gasteiger partial charge in [0.05, 0.1) is 16.7 Å². The van der Waals surface area contributed by atoms with E-state index in [1.807, 2.05) is 0 Å². The Balaban J connectivity index is 1.52. The molecule has 1 aliphatic rings. The number of rotatable bonds is 7. The monoisotopic (exact) mass is 494 g/mol. The Labute approximate surface area is 206 Å². The quantitative estimate of drug-likeness (QED) is 0.394. The van der Waals surface area contributed by atoms with Crippen LogP contribution in [0.5, 0.6) is 0 Å². The lowest BCUT2D eigenvalue weighted by Gasteiger charge is -2.40. The molecule has 1 heterocycles. The third-order valence-electron chi connectivity index (χ3n) is 5.48. The summed E-state index contributed by atoms with van der Waals surface area (Å²) in [4.78, 5) is 37.6. The molecule has 0 amide bonds. The van der Waals surface area contributed by atoms with Gasteiger partial charge in [-0.1, -0.05) is 54.6 Å². The van der Waals surface area contributed by atoms with Crippen molar-refractivity contribution < 1.29 is 42.8 Å². The second kappa shape index (κ2) is 11.6. The van der Waals surface area contributed by atoms with Gasteiger partial charge in [0.1, 0.15) is 12.7 Å². The predicted octanol–water partition coefficient (Wildman–Crippen LogP) is 3.35. The van der Waals surface area contributed by atoms with Crippen molar-refractivity contribution >= 4 is 17.9 Å². The summed E-state index contributed by atoms with van der Waals surface area (Å²) >= 11 is 0. The van der Waals surface area contributed by atoms with Crippen molar-refractivity contribution in [3.8, 4) is 0 Å². The molecule has 1 fully saturated rings. The van der Waals surface area contributed by atoms with Gasteiger partial charge < -0.3 is 24.1 Å². The molecule has 0 aromatic heterocycles. The van der Waals surface area contributed by atoms with Gasteiger partial charge in [0.25, 0.3) is 0 Å². The van der Waals surface area contributed by atoms with Crippen LogP contribution < -0.4 is 0 Å². The van der Waals surface area contributed by atoms with Gasteiger partial charge in [-0.25, -0.2) is 18.8 Å². The van der Waals surface area contributed by atoms with E-state index < -0.39 is 55.3 Å². The number of carbonyl (C=O) groups excluding carboxylic acids is 3. The number of hydrogen-bond donors (Lipinski definition) is 1. The first-order chi connectivity index (χ1) is 17.4. The van der Waals surface area contributed by atoms with Crippen LogP contribution in [0.2, 0.25) is 0 Å². The first-order valence-electron chi connectivity index (χ1n) is 11.2. The molecule has 0 radical (unpaired) electrons. The van der Waals surface area contributed by atoms with Gasteiger partial charge in [-0.05, 0) is 36.4 Å². The van der Waals surface area contributed by atoms with Gasteiger partial charge in [0.2, 0.25) is 0 Å². The number of halogens is 1. The lowest BCUT2D eigenvalue weighted by atomic mass is 9.99. The van der Waals surface area contributed by atoms with Crippen molar-refractivity contribution in [3.63, 3.8) is 0 Å². The van der Waals surface area contributed by atoms with Gasteiger partial charge in [0, 0.05) is 0 Å². The van der Waals surface area contributed by atoms with Crippen molar-refractivity contribution in [1.29, 1.82) is 0 Å². The van der Waals surface area contributed by atoms with Crippen LogP contribution in [-0.4, -0.2) is 60.4 Å². The number of aliphatic hydroxyl groups excluding tert-OH is 1. The van der Waals surface area contributed by atoms with Crippen molar-refractivity contribution in [2.45, 2.75) is 30.8 Å². The fourth-order valence-electron chi connectivity index (χ4n) is 3.62. The molecule has 0 bridgehead atoms. The number of hydrogen-bond acceptors (Lipinski definition) is 8. The fraction of sp³-hybridized carbons (Fsp3) is 0.222. The molecule has 2 unspecified atom stereocenters. The highest BCUT2D eigenvalue weighted by Crippen LogP contribution is 2.29. The highest BCUT2D eigenvalue weighted by molar-refractivity contribution is 5.90. The lowest BCUT2D eigenvalue weighted by molar-refractivity contribution is -0.273. The second-order valence-electron chi connectivity index (χ2n) is 7.95. The van der Waals surface area contributed by atoms with Crippen LogP contribution >= 0.6 is 0 Å². The fourth-order valence-corrected chi connectivity index (χ4v) is 3.62. The summed E-state index contributed by atoms with van der Waals surface area (Å²) in [6.07, 6.45) is -8.87. The topological polar surface area (TPSA) is 108 Å². The van der Waals surface area contributed by atoms with E-state index in [0.717, 1.165) is 0 Å². The number of benzene rings is 3. The van der Waals surface area contributed by atoms with Gasteiger partial charge in [-0.3, -0.25) is 0 Å². The van der Waals surface area contributed by atoms with Crippen LogP contribution in [0.1, 0.15) is 31.1 Å². The van der Waals surface area contributed by atoms with E-state index in [-0.39, 0.29) is 16.7 Å². The molecule has 3 aromatic rings. The summed E-state index contributed by atoms with van der Waals surface area (Å²) in [5.41, 5.74) is 0.518. The third-order valence-corrected chi connectivity index (χ3v) is 5.48. The molecule has 3 aromatic carbocycles. The minimum absolute atomic E-state index is 0.130. The highest BCUT2D eigenvalue weighted by atomic mass is 19.1. The van der Waals surface area contributed by atoms with Crippen LogP contribution in [0.3, 0.4) is 0 Å². The summed E-state index contributed by atoms with van der Waals surface area (Å²) in [5.74, 6) is -2.49. The summed E-state index contributed by atoms with van der Waals surface area (Å²) in [6.45, 7) is -0.579. The van der Waals surface area contributed by atoms with E-state index in [1.165, 1.54) is 36.4 Å². The van der Waals surface area contributed by atoms with Crippen LogP contribution in [0.25, 0.3) is 0 Å². The second-order valence-corrected chi connectivity index (χ2v) is 7.95. The zero-order valence-corrected chi connectivity index (χ0v) is 18.9. The Morgan fingerprint density at radius 3 is 1.58 bits per heavy atom. The standard InChI is InChI=1S/C27H23FO8/c28-21-20(16-33-24(29)17-10-4-1-5-11-17)34-27(32)23(36-26(31)19-14-8-3-9-15-19)22(21)35-25(30)18-12-6-2-7-13-18/h1-15,20-23,27,32H,16H2/t20-,21-,22?,23?,27+/m1/s1. The smallest absolute Gasteiger partial charge is 0.338 e. The van der Waals surface area contributed by atoms with E-state index in [4.69, 9.17) is 18.9 Å². The Hall–Kier alpha value is -4.08. The van der Waals surface area contributed by atoms with Crippen molar-refractivity contribution in [1.82, 2.24) is 0 Å². The molecule has 8 nitrogen and oxygen atoms in total. The molecule has 186 valence electrons. The number of esters is 3. The van der Waals surface area contributed by atoms with Crippen molar-refractivity contribution in [2.75, 3.05) is 6.61 Å². The summed E-state index contributed by atoms with van der Waals surface area (Å²) < 4.78 is 36.7. The number of ether oxygens (including phenoxy) is 4. The largest absolute Gasteiger partial charge is 0.459 e. The first kappa shape index (κ1) is 25.0. The van der Waals surface area contributed by atoms with Crippen LogP contribution in [0.4, 0.5) is 4.39 Å². The van der Waals surface area contributed by atoms with Crippen molar-refractivity contribution in [3.05, 3.63) is 108 Å². The van der Waals surface area contributed by atoms with Gasteiger partial charge in [0.15, 0.2) is 24.7 Å². The molecule has 5 atom stereocenters. The molecule has 1 saturated heterocycles. The van der Waals surface area contributed by atoms with Crippen LogP contribution in [-0.2, 0) is 18.9 Å². The molecule has 1 aliphatic heterocycles. The molecule has 36 heavy (non-hydrogen) atoms. The molecular weight excluding hydrogens is 471 g/mol. The maximum atomic E-state index is 15.6. The maximum absolute atomic E-state index is 15.6. The molecule has 0 aliphatic carbocycles. The third kappa shape index (κ3) is 5.94. The summed E-state index contributed by atoms with van der Waals surface area (Å²) in [6, 6.07) is 23.7. The summed E-state index contributed by atoms with van der Waals surface area (Å²) in [5, 5.41) is 10.6. The van der Waals surface area contributed by atoms with Gasteiger partial charge in [-0.15, -0.1) is 0 Å². The predicted molar refractivity (Wildman–Crippen MR) is 124 cm³/mol. The maximum Gasteiger partial charge on any atom is 0.338 e. The summed E-state index contributed by atoms with van der Waals surface area (Å²) in [7, 11) is 0. The van der Waals surface area contributed by atoms with Crippen LogP contribution in [0.15, 0.2) is 91.0 Å². The van der Waals surface area contributed by atoms with Crippen molar-refractivity contribution in [2.24, 2.45) is 0 Å². The highest BCUT2D eigenvalue weighted by Gasteiger charge is 2.51. The molecule has 9 heteroatoms. The SMILES string of the molecule is O=C(OC[C@H]1O[C@H](O)C(OC(=O)c2ccccc2)C(OC(=O)c2ccccc2)[C@@H]1F)c1ccccc1. The molecule has 4 rings (SSSR count). The van der Waals surface area contributed by atoms with E-state index >= 15 is 4.39 Å². The van der Waals surface area contributed by atoms with E-state index in [1.54, 1.807) is 54.6 Å². The van der Waals surface area contributed by atoms with Crippen LogP contribution in [0, 0.1) is 0 Å². The van der Waals surface area contributed by atoms with E-state index in [9.17, 15) is 19.5 Å². The average molecular weight is 494 g/mol. The number of alkyl halides is 1. The molecular formula is C27H23FO8. The number of aliphatic hydroxyl groups is 1. The lowest BCUT2D eigenvalue weighted by Crippen LogP contribution is -2.60. The first-order valence-corrected chi connectivity index (χ1v) is 11.2. The Bertz CT molecular complexity index is 1170. The minimum Gasteiger partial charge on any atom is -0.459 e. The zero-order valence-electron chi connectivity index (χ0n) is 18.9. The van der Waals surface area contributed by atoms with Gasteiger partial charge >= 0.3 is 17.9 Å². The average Bonchev–Trinajstić information content (AvgIpc) is 2.92. The Morgan fingerprint density at radius 2 is 1.11 bits per heavy atom. The number of carbonyl (C=O) groups is 3. The molecule has 0 spiro atoms. The Kier molecular flexibility index (Phi) is 8.04. The van der Waals surface area contributed by atoms with E-state index in [0.29, 0.717) is 0 Å². The molecule has 0 saturated carbocycles. The Morgan fingerprint density at radius 1 is 0.694 bits per heavy atom.